The van der Waals surface area contributed by atoms with Gasteiger partial charge in [0, 0.05) is 50.0 Å². The van der Waals surface area contributed by atoms with Gasteiger partial charge in [-0.3, -0.25) is 4.99 Å². The molecule has 1 unspecified atom stereocenters. The number of aryl methyl sites for hydroxylation is 1. The third-order valence-electron chi connectivity index (χ3n) is 4.39. The van der Waals surface area contributed by atoms with Crippen LogP contribution in [0.1, 0.15) is 25.8 Å². The van der Waals surface area contributed by atoms with Crippen molar-refractivity contribution >= 4 is 47.2 Å². The first-order chi connectivity index (χ1) is 12.1. The molecule has 1 fully saturated rings. The molecule has 0 spiro atoms. The highest BCUT2D eigenvalue weighted by molar-refractivity contribution is 14.0. The maximum absolute atomic E-state index is 6.16. The number of anilines is 1. The van der Waals surface area contributed by atoms with Gasteiger partial charge in [-0.15, -0.1) is 24.0 Å². The average Bonchev–Trinajstić information content (AvgIpc) is 3.07. The van der Waals surface area contributed by atoms with E-state index in [1.165, 1.54) is 11.3 Å². The molecule has 1 aliphatic heterocycles. The number of halogens is 2. The molecule has 7 heteroatoms. The zero-order chi connectivity index (χ0) is 18.1. The third kappa shape index (κ3) is 7.48. The Morgan fingerprint density at radius 1 is 1.35 bits per heavy atom. The molecule has 0 aliphatic carbocycles. The number of rotatable bonds is 8. The van der Waals surface area contributed by atoms with Gasteiger partial charge in [0.1, 0.15) is 0 Å². The zero-order valence-electron chi connectivity index (χ0n) is 16.1. The number of aliphatic imine (C=N–C) groups is 1. The summed E-state index contributed by atoms with van der Waals surface area (Å²) in [5.74, 6) is 1.44. The van der Waals surface area contributed by atoms with Crippen molar-refractivity contribution in [2.45, 2.75) is 27.2 Å². The van der Waals surface area contributed by atoms with Crippen molar-refractivity contribution in [3.63, 3.8) is 0 Å². The van der Waals surface area contributed by atoms with E-state index in [0.29, 0.717) is 12.5 Å². The highest BCUT2D eigenvalue weighted by atomic mass is 127. The summed E-state index contributed by atoms with van der Waals surface area (Å²) < 4.78 is 5.36. The van der Waals surface area contributed by atoms with E-state index < -0.39 is 0 Å². The van der Waals surface area contributed by atoms with Crippen LogP contribution in [0.3, 0.4) is 0 Å². The minimum Gasteiger partial charge on any atom is -0.380 e. The lowest BCUT2D eigenvalue weighted by atomic mass is 10.1. The second-order valence-corrected chi connectivity index (χ2v) is 6.81. The smallest absolute Gasteiger partial charge is 0.191 e. The normalized spacial score (nSPS) is 17.2. The third-order valence-corrected chi connectivity index (χ3v) is 4.63. The molecule has 0 aromatic heterocycles. The number of hydrogen-bond donors (Lipinski definition) is 2. The van der Waals surface area contributed by atoms with Crippen molar-refractivity contribution < 1.29 is 4.74 Å². The van der Waals surface area contributed by atoms with Crippen LogP contribution >= 0.6 is 35.6 Å². The van der Waals surface area contributed by atoms with E-state index in [4.69, 9.17) is 21.3 Å². The largest absolute Gasteiger partial charge is 0.380 e. The van der Waals surface area contributed by atoms with E-state index in [1.54, 1.807) is 0 Å². The van der Waals surface area contributed by atoms with Gasteiger partial charge in [-0.1, -0.05) is 17.7 Å². The molecule has 1 atom stereocenters. The minimum atomic E-state index is 0. The molecular formula is C19H32ClIN4O. The molecule has 1 saturated heterocycles. The second kappa shape index (κ2) is 12.6. The van der Waals surface area contributed by atoms with E-state index in [0.717, 1.165) is 56.7 Å². The fraction of sp³-hybridized carbons (Fsp3) is 0.632. The maximum atomic E-state index is 6.16. The standard InChI is InChI=1S/C19H31ClN4O.HI/c1-4-21-19(22-9-11-25-5-2)23-13-16-8-10-24(14-16)18-12-17(20)7-6-15(18)3;/h6-7,12,16H,4-5,8-11,13-14H2,1-3H3,(H2,21,22,23);1H. The van der Waals surface area contributed by atoms with Gasteiger partial charge >= 0.3 is 0 Å². The monoisotopic (exact) mass is 494 g/mol. The van der Waals surface area contributed by atoms with Crippen molar-refractivity contribution in [2.24, 2.45) is 10.9 Å². The summed E-state index contributed by atoms with van der Waals surface area (Å²) in [6.07, 6.45) is 1.16. The zero-order valence-corrected chi connectivity index (χ0v) is 19.1. The van der Waals surface area contributed by atoms with Crippen LogP contribution in [0.4, 0.5) is 5.69 Å². The number of benzene rings is 1. The van der Waals surface area contributed by atoms with E-state index in [9.17, 15) is 0 Å². The first-order valence-electron chi connectivity index (χ1n) is 9.25. The van der Waals surface area contributed by atoms with Crippen molar-refractivity contribution in [2.75, 3.05) is 50.8 Å². The van der Waals surface area contributed by atoms with Crippen molar-refractivity contribution in [1.82, 2.24) is 10.6 Å². The summed E-state index contributed by atoms with van der Waals surface area (Å²) in [4.78, 5) is 7.17. The number of hydrogen-bond acceptors (Lipinski definition) is 3. The van der Waals surface area contributed by atoms with Gasteiger partial charge in [0.05, 0.1) is 6.61 Å². The van der Waals surface area contributed by atoms with Crippen LogP contribution in [0.25, 0.3) is 0 Å². The van der Waals surface area contributed by atoms with Crippen LogP contribution < -0.4 is 15.5 Å². The van der Waals surface area contributed by atoms with Gasteiger partial charge in [0.15, 0.2) is 5.96 Å². The van der Waals surface area contributed by atoms with Crippen LogP contribution in [-0.4, -0.2) is 51.9 Å². The highest BCUT2D eigenvalue weighted by Gasteiger charge is 2.23. The van der Waals surface area contributed by atoms with Gasteiger partial charge in [0.2, 0.25) is 0 Å². The first kappa shape index (κ1) is 23.3. The first-order valence-corrected chi connectivity index (χ1v) is 9.62. The molecule has 1 heterocycles. The van der Waals surface area contributed by atoms with E-state index in [2.05, 4.69) is 41.5 Å². The Kier molecular flexibility index (Phi) is 11.3. The lowest BCUT2D eigenvalue weighted by Crippen LogP contribution is -2.39. The Balaban J connectivity index is 0.00000338. The van der Waals surface area contributed by atoms with Gasteiger partial charge in [0.25, 0.3) is 0 Å². The van der Waals surface area contributed by atoms with Crippen molar-refractivity contribution in [3.8, 4) is 0 Å². The van der Waals surface area contributed by atoms with Gasteiger partial charge in [-0.2, -0.15) is 0 Å². The summed E-state index contributed by atoms with van der Waals surface area (Å²) in [5, 5.41) is 7.42. The van der Waals surface area contributed by atoms with Gasteiger partial charge in [-0.25, -0.2) is 0 Å². The van der Waals surface area contributed by atoms with E-state index in [-0.39, 0.29) is 24.0 Å². The summed E-state index contributed by atoms with van der Waals surface area (Å²) >= 11 is 6.16. The molecule has 0 saturated carbocycles. The Morgan fingerprint density at radius 3 is 2.88 bits per heavy atom. The molecule has 26 heavy (non-hydrogen) atoms. The summed E-state index contributed by atoms with van der Waals surface area (Å²) in [5.41, 5.74) is 2.53. The Labute approximate surface area is 179 Å². The number of nitrogens with zero attached hydrogens (tertiary/aromatic N) is 2. The summed E-state index contributed by atoms with van der Waals surface area (Å²) in [6.45, 7) is 12.2. The van der Waals surface area contributed by atoms with E-state index in [1.807, 2.05) is 13.0 Å². The fourth-order valence-electron chi connectivity index (χ4n) is 3.07. The molecule has 148 valence electrons. The number of ether oxygens (including phenoxy) is 1. The Hall–Kier alpha value is -0.730. The van der Waals surface area contributed by atoms with Crippen molar-refractivity contribution in [3.05, 3.63) is 28.8 Å². The molecule has 1 aromatic rings. The molecule has 1 aliphatic rings. The summed E-state index contributed by atoms with van der Waals surface area (Å²) in [7, 11) is 0. The quantitative estimate of drug-likeness (QED) is 0.250. The molecule has 2 N–H and O–H groups in total. The van der Waals surface area contributed by atoms with E-state index >= 15 is 0 Å². The maximum Gasteiger partial charge on any atom is 0.191 e. The van der Waals surface area contributed by atoms with Crippen LogP contribution in [0.2, 0.25) is 5.02 Å². The highest BCUT2D eigenvalue weighted by Crippen LogP contribution is 2.29. The van der Waals surface area contributed by atoms with Crippen LogP contribution in [0.5, 0.6) is 0 Å². The Morgan fingerprint density at radius 2 is 2.15 bits per heavy atom. The molecule has 0 amide bonds. The van der Waals surface area contributed by atoms with Crippen molar-refractivity contribution in [1.29, 1.82) is 0 Å². The second-order valence-electron chi connectivity index (χ2n) is 6.37. The predicted molar refractivity (Wildman–Crippen MR) is 122 cm³/mol. The van der Waals surface area contributed by atoms with Gasteiger partial charge < -0.3 is 20.3 Å². The molecule has 5 nitrogen and oxygen atoms in total. The predicted octanol–water partition coefficient (Wildman–Crippen LogP) is 3.68. The average molecular weight is 495 g/mol. The molecule has 0 radical (unpaired) electrons. The molecule has 2 rings (SSSR count). The van der Waals surface area contributed by atoms with Crippen LogP contribution in [0, 0.1) is 12.8 Å². The lowest BCUT2D eigenvalue weighted by molar-refractivity contribution is 0.152. The Bertz CT molecular complexity index is 570. The number of guanidine groups is 1. The summed E-state index contributed by atoms with van der Waals surface area (Å²) in [6, 6.07) is 6.12. The topological polar surface area (TPSA) is 48.9 Å². The fourth-order valence-corrected chi connectivity index (χ4v) is 3.24. The molecule has 0 bridgehead atoms. The minimum absolute atomic E-state index is 0. The molecule has 1 aromatic carbocycles. The number of nitrogens with one attached hydrogen (secondary N) is 2. The van der Waals surface area contributed by atoms with Crippen LogP contribution in [-0.2, 0) is 4.74 Å². The van der Waals surface area contributed by atoms with Crippen LogP contribution in [0.15, 0.2) is 23.2 Å². The van der Waals surface area contributed by atoms with Gasteiger partial charge in [-0.05, 0) is 50.8 Å². The molecular weight excluding hydrogens is 463 g/mol. The lowest BCUT2D eigenvalue weighted by Gasteiger charge is -2.21. The SMILES string of the molecule is CCNC(=NCC1CCN(c2cc(Cl)ccc2C)C1)NCCOCC.I.